The number of nitrogens with zero attached hydrogens (tertiary/aromatic N) is 2. The number of rotatable bonds is 2. The van der Waals surface area contributed by atoms with Crippen LogP contribution in [-0.2, 0) is 16.4 Å². The maximum atomic E-state index is 6.17. The van der Waals surface area contributed by atoms with Gasteiger partial charge in [-0.2, -0.15) is 5.10 Å². The Labute approximate surface area is 127 Å². The molecule has 112 valence electrons. The highest BCUT2D eigenvalue weighted by Crippen LogP contribution is 2.37. The number of aromatic nitrogens is 2. The van der Waals surface area contributed by atoms with Gasteiger partial charge in [0.25, 0.3) is 0 Å². The van der Waals surface area contributed by atoms with Crippen molar-refractivity contribution in [3.05, 3.63) is 30.1 Å². The Balaban J connectivity index is 1.97. The predicted molar refractivity (Wildman–Crippen MR) is 85.3 cm³/mol. The number of allylic oxidation sites excluding steroid dienone is 4. The summed E-state index contributed by atoms with van der Waals surface area (Å²) in [5, 5.41) is 4.61. The molecule has 0 N–H and O–H groups in total. The molecule has 3 rings (SSSR count). The molecule has 1 aromatic rings. The lowest BCUT2D eigenvalue weighted by Gasteiger charge is -2.32. The Kier molecular flexibility index (Phi) is 3.37. The zero-order valence-corrected chi connectivity index (χ0v) is 13.5. The summed E-state index contributed by atoms with van der Waals surface area (Å²) in [7, 11) is 1.57. The van der Waals surface area contributed by atoms with Crippen molar-refractivity contribution in [2.75, 3.05) is 0 Å². The first-order valence-electron chi connectivity index (χ1n) is 7.56. The van der Waals surface area contributed by atoms with Crippen molar-refractivity contribution >= 4 is 18.2 Å². The monoisotopic (exact) mass is 286 g/mol. The van der Waals surface area contributed by atoms with E-state index >= 15 is 0 Å². The molecule has 0 bridgehead atoms. The molecule has 0 radical (unpaired) electrons. The Morgan fingerprint density at radius 2 is 1.81 bits per heavy atom. The summed E-state index contributed by atoms with van der Waals surface area (Å²) in [6.07, 6.45) is 10.7. The van der Waals surface area contributed by atoms with E-state index < -0.39 is 0 Å². The first-order chi connectivity index (χ1) is 9.80. The highest BCUT2D eigenvalue weighted by molar-refractivity contribution is 6.63. The van der Waals surface area contributed by atoms with Gasteiger partial charge in [0.2, 0.25) is 0 Å². The van der Waals surface area contributed by atoms with Gasteiger partial charge < -0.3 is 9.31 Å². The maximum Gasteiger partial charge on any atom is 0.498 e. The SMILES string of the molecule is Cn1cc(B2OC(C)(C)C(C)(C)O2)c(C2=CCCC=C2)n1. The van der Waals surface area contributed by atoms with Crippen LogP contribution in [0.2, 0.25) is 0 Å². The second kappa shape index (κ2) is 4.85. The van der Waals surface area contributed by atoms with Crippen LogP contribution in [0.4, 0.5) is 0 Å². The van der Waals surface area contributed by atoms with Gasteiger partial charge in [-0.25, -0.2) is 0 Å². The molecule has 1 aromatic heterocycles. The minimum Gasteiger partial charge on any atom is -0.399 e. The summed E-state index contributed by atoms with van der Waals surface area (Å²) in [5.74, 6) is 0. The largest absolute Gasteiger partial charge is 0.498 e. The second-order valence-electron chi connectivity index (χ2n) is 6.83. The Morgan fingerprint density at radius 3 is 2.38 bits per heavy atom. The maximum absolute atomic E-state index is 6.17. The highest BCUT2D eigenvalue weighted by atomic mass is 16.7. The van der Waals surface area contributed by atoms with Crippen molar-refractivity contribution in [2.24, 2.45) is 7.05 Å². The normalized spacial score (nSPS) is 23.5. The van der Waals surface area contributed by atoms with E-state index in [1.165, 1.54) is 0 Å². The van der Waals surface area contributed by atoms with Gasteiger partial charge in [-0.1, -0.05) is 18.2 Å². The van der Waals surface area contributed by atoms with Gasteiger partial charge in [0, 0.05) is 18.7 Å². The minimum absolute atomic E-state index is 0.332. The quantitative estimate of drug-likeness (QED) is 0.784. The van der Waals surface area contributed by atoms with Crippen molar-refractivity contribution in [1.82, 2.24) is 9.78 Å². The molecule has 4 nitrogen and oxygen atoms in total. The molecule has 0 atom stereocenters. The number of hydrogen-bond donors (Lipinski definition) is 0. The van der Waals surface area contributed by atoms with Crippen molar-refractivity contribution < 1.29 is 9.31 Å². The smallest absolute Gasteiger partial charge is 0.399 e. The molecule has 1 fully saturated rings. The van der Waals surface area contributed by atoms with E-state index in [1.54, 1.807) is 0 Å². The standard InChI is InChI=1S/C16H23BN2O2/c1-15(2)16(3,4)21-17(20-15)13-11-19(5)18-14(13)12-9-7-6-8-10-12/h7,9-11H,6,8H2,1-5H3. The summed E-state index contributed by atoms with van der Waals surface area (Å²) in [6.45, 7) is 8.29. The van der Waals surface area contributed by atoms with E-state index in [9.17, 15) is 0 Å². The Hall–Kier alpha value is -1.33. The van der Waals surface area contributed by atoms with Crippen molar-refractivity contribution in [2.45, 2.75) is 51.7 Å². The summed E-state index contributed by atoms with van der Waals surface area (Å²) in [6, 6.07) is 0. The van der Waals surface area contributed by atoms with Gasteiger partial charge >= 0.3 is 7.12 Å². The van der Waals surface area contributed by atoms with Crippen LogP contribution in [0.15, 0.2) is 24.4 Å². The van der Waals surface area contributed by atoms with Gasteiger partial charge in [-0.3, -0.25) is 4.68 Å². The van der Waals surface area contributed by atoms with Crippen LogP contribution < -0.4 is 5.46 Å². The Bertz CT molecular complexity index is 598. The molecule has 21 heavy (non-hydrogen) atoms. The first kappa shape index (κ1) is 14.6. The molecule has 0 saturated carbocycles. The lowest BCUT2D eigenvalue weighted by molar-refractivity contribution is 0.00578. The summed E-state index contributed by atoms with van der Waals surface area (Å²) in [5.41, 5.74) is 2.47. The average Bonchev–Trinajstić information content (AvgIpc) is 2.89. The lowest BCUT2D eigenvalue weighted by atomic mass is 9.77. The van der Waals surface area contributed by atoms with Crippen LogP contribution in [0, 0.1) is 0 Å². The van der Waals surface area contributed by atoms with Crippen molar-refractivity contribution in [3.63, 3.8) is 0 Å². The Morgan fingerprint density at radius 1 is 1.14 bits per heavy atom. The molecule has 0 amide bonds. The third-order valence-electron chi connectivity index (χ3n) is 4.63. The van der Waals surface area contributed by atoms with E-state index in [0.717, 1.165) is 29.6 Å². The van der Waals surface area contributed by atoms with Crippen LogP contribution in [-0.4, -0.2) is 28.1 Å². The van der Waals surface area contributed by atoms with E-state index in [0.29, 0.717) is 0 Å². The van der Waals surface area contributed by atoms with E-state index in [-0.39, 0.29) is 18.3 Å². The van der Waals surface area contributed by atoms with Gasteiger partial charge in [0.15, 0.2) is 0 Å². The van der Waals surface area contributed by atoms with Gasteiger partial charge in [-0.15, -0.1) is 0 Å². The van der Waals surface area contributed by atoms with Crippen molar-refractivity contribution in [3.8, 4) is 0 Å². The zero-order valence-electron chi connectivity index (χ0n) is 13.5. The van der Waals surface area contributed by atoms with E-state index in [4.69, 9.17) is 9.31 Å². The highest BCUT2D eigenvalue weighted by Gasteiger charge is 2.52. The lowest BCUT2D eigenvalue weighted by Crippen LogP contribution is -2.41. The third kappa shape index (κ3) is 2.49. The fraction of sp³-hybridized carbons (Fsp3) is 0.562. The van der Waals surface area contributed by atoms with Gasteiger partial charge in [-0.05, 0) is 46.1 Å². The van der Waals surface area contributed by atoms with Crippen LogP contribution in [0.3, 0.4) is 0 Å². The van der Waals surface area contributed by atoms with Gasteiger partial charge in [0.1, 0.15) is 0 Å². The summed E-state index contributed by atoms with van der Waals surface area (Å²) in [4.78, 5) is 0. The summed E-state index contributed by atoms with van der Waals surface area (Å²) >= 11 is 0. The second-order valence-corrected chi connectivity index (χ2v) is 6.83. The fourth-order valence-corrected chi connectivity index (χ4v) is 2.66. The third-order valence-corrected chi connectivity index (χ3v) is 4.63. The predicted octanol–water partition coefficient (Wildman–Crippen LogP) is 2.45. The molecule has 1 saturated heterocycles. The van der Waals surface area contributed by atoms with Crippen LogP contribution in [0.1, 0.15) is 46.2 Å². The molecule has 2 aliphatic rings. The molecule has 2 heterocycles. The molecular weight excluding hydrogens is 263 g/mol. The number of hydrogen-bond acceptors (Lipinski definition) is 3. The minimum atomic E-state index is -0.366. The van der Waals surface area contributed by atoms with Crippen LogP contribution in [0.25, 0.3) is 5.57 Å². The van der Waals surface area contributed by atoms with Crippen LogP contribution >= 0.6 is 0 Å². The average molecular weight is 286 g/mol. The first-order valence-corrected chi connectivity index (χ1v) is 7.56. The van der Waals surface area contributed by atoms with Crippen molar-refractivity contribution in [1.29, 1.82) is 0 Å². The van der Waals surface area contributed by atoms with E-state index in [1.807, 2.05) is 17.9 Å². The molecular formula is C16H23BN2O2. The summed E-state index contributed by atoms with van der Waals surface area (Å²) < 4.78 is 14.2. The fourth-order valence-electron chi connectivity index (χ4n) is 2.66. The van der Waals surface area contributed by atoms with Crippen LogP contribution in [0.5, 0.6) is 0 Å². The topological polar surface area (TPSA) is 36.3 Å². The molecule has 1 aliphatic carbocycles. The molecule has 1 aliphatic heterocycles. The molecule has 0 unspecified atom stereocenters. The molecule has 0 spiro atoms. The zero-order chi connectivity index (χ0) is 15.3. The number of aryl methyl sites for hydroxylation is 1. The molecule has 5 heteroatoms. The van der Waals surface area contributed by atoms with E-state index in [2.05, 4.69) is 51.0 Å². The molecule has 0 aromatic carbocycles. The van der Waals surface area contributed by atoms with Gasteiger partial charge in [0.05, 0.1) is 16.9 Å².